The van der Waals surface area contributed by atoms with Gasteiger partial charge in [0.05, 0.1) is 0 Å². The zero-order valence-electron chi connectivity index (χ0n) is 7.81. The highest BCUT2D eigenvalue weighted by atomic mass is 35.5. The van der Waals surface area contributed by atoms with Crippen LogP contribution in [0, 0.1) is 5.41 Å². The van der Waals surface area contributed by atoms with E-state index in [1.165, 1.54) is 0 Å². The number of carbonyl (C=O) groups excluding carboxylic acids is 1. The van der Waals surface area contributed by atoms with Crippen LogP contribution < -0.4 is 5.32 Å². The summed E-state index contributed by atoms with van der Waals surface area (Å²) in [4.78, 5) is 11.1. The van der Waals surface area contributed by atoms with E-state index >= 15 is 0 Å². The van der Waals surface area contributed by atoms with E-state index in [0.717, 1.165) is 12.1 Å². The van der Waals surface area contributed by atoms with Crippen LogP contribution in [0.15, 0.2) is 11.8 Å². The van der Waals surface area contributed by atoms with Gasteiger partial charge in [-0.2, -0.15) is 0 Å². The van der Waals surface area contributed by atoms with Crippen molar-refractivity contribution in [2.75, 3.05) is 7.05 Å². The van der Waals surface area contributed by atoms with Gasteiger partial charge in [0.15, 0.2) is 5.78 Å². The largest absolute Gasteiger partial charge is 0.391 e. The lowest BCUT2D eigenvalue weighted by Crippen LogP contribution is -2.26. The van der Waals surface area contributed by atoms with Crippen molar-refractivity contribution >= 4 is 18.2 Å². The van der Waals surface area contributed by atoms with Gasteiger partial charge in [-0.05, 0) is 11.8 Å². The van der Waals surface area contributed by atoms with Crippen LogP contribution in [-0.2, 0) is 4.79 Å². The highest BCUT2D eigenvalue weighted by Gasteiger charge is 2.26. The standard InChI is InChI=1S/C9H15NO.ClH/c1-9(2)5-7(10-3)4-8(11)6-9;/h4,10H,5-6H2,1-3H3;1H. The number of allylic oxidation sites excluding steroid dienone is 2. The Kier molecular flexibility index (Phi) is 3.78. The molecule has 1 N–H and O–H groups in total. The third kappa shape index (κ3) is 2.86. The van der Waals surface area contributed by atoms with Crippen molar-refractivity contribution in [1.82, 2.24) is 5.32 Å². The quantitative estimate of drug-likeness (QED) is 0.683. The van der Waals surface area contributed by atoms with Gasteiger partial charge < -0.3 is 5.32 Å². The topological polar surface area (TPSA) is 29.1 Å². The SMILES string of the molecule is CNC1=CC(=O)CC(C)(C)C1.Cl. The molecule has 0 fully saturated rings. The third-order valence-electron chi connectivity index (χ3n) is 1.98. The Hall–Kier alpha value is -0.500. The Bertz CT molecular complexity index is 209. The van der Waals surface area contributed by atoms with Crippen molar-refractivity contribution in [3.8, 4) is 0 Å². The van der Waals surface area contributed by atoms with Crippen molar-refractivity contribution in [1.29, 1.82) is 0 Å². The zero-order valence-corrected chi connectivity index (χ0v) is 8.62. The van der Waals surface area contributed by atoms with Gasteiger partial charge in [-0.3, -0.25) is 4.79 Å². The number of hydrogen-bond donors (Lipinski definition) is 1. The van der Waals surface area contributed by atoms with E-state index in [1.807, 2.05) is 7.05 Å². The van der Waals surface area contributed by atoms with Gasteiger partial charge in [0, 0.05) is 25.2 Å². The van der Waals surface area contributed by atoms with E-state index in [2.05, 4.69) is 19.2 Å². The smallest absolute Gasteiger partial charge is 0.157 e. The number of nitrogens with one attached hydrogen (secondary N) is 1. The monoisotopic (exact) mass is 189 g/mol. The average Bonchev–Trinajstić information content (AvgIpc) is 1.83. The molecule has 2 nitrogen and oxygen atoms in total. The number of carbonyl (C=O) groups is 1. The molecule has 0 bridgehead atoms. The first kappa shape index (κ1) is 11.5. The number of ketones is 1. The van der Waals surface area contributed by atoms with Gasteiger partial charge in [-0.1, -0.05) is 13.8 Å². The van der Waals surface area contributed by atoms with Crippen LogP contribution >= 0.6 is 12.4 Å². The Morgan fingerprint density at radius 1 is 1.42 bits per heavy atom. The van der Waals surface area contributed by atoms with Crippen LogP contribution in [0.5, 0.6) is 0 Å². The zero-order chi connectivity index (χ0) is 8.48. The lowest BCUT2D eigenvalue weighted by Gasteiger charge is -2.28. The fourth-order valence-corrected chi connectivity index (χ4v) is 1.51. The minimum atomic E-state index is 0. The number of hydrogen-bond acceptors (Lipinski definition) is 2. The molecule has 3 heteroatoms. The van der Waals surface area contributed by atoms with Crippen LogP contribution in [0.3, 0.4) is 0 Å². The van der Waals surface area contributed by atoms with E-state index in [0.29, 0.717) is 6.42 Å². The summed E-state index contributed by atoms with van der Waals surface area (Å²) >= 11 is 0. The van der Waals surface area contributed by atoms with E-state index in [4.69, 9.17) is 0 Å². The minimum Gasteiger partial charge on any atom is -0.391 e. The summed E-state index contributed by atoms with van der Waals surface area (Å²) < 4.78 is 0. The molecule has 0 unspecified atom stereocenters. The van der Waals surface area contributed by atoms with Crippen molar-refractivity contribution in [2.45, 2.75) is 26.7 Å². The van der Waals surface area contributed by atoms with Gasteiger partial charge >= 0.3 is 0 Å². The molecule has 0 aromatic carbocycles. The highest BCUT2D eigenvalue weighted by molar-refractivity contribution is 5.91. The van der Waals surface area contributed by atoms with Crippen LogP contribution in [0.25, 0.3) is 0 Å². The molecular weight excluding hydrogens is 174 g/mol. The van der Waals surface area contributed by atoms with E-state index in [9.17, 15) is 4.79 Å². The molecule has 1 aliphatic carbocycles. The minimum absolute atomic E-state index is 0. The maximum absolute atomic E-state index is 11.1. The van der Waals surface area contributed by atoms with Gasteiger partial charge in [0.25, 0.3) is 0 Å². The van der Waals surface area contributed by atoms with Gasteiger partial charge in [0.2, 0.25) is 0 Å². The first-order chi connectivity index (χ1) is 5.03. The molecule has 0 radical (unpaired) electrons. The molecular formula is C9H16ClNO. The van der Waals surface area contributed by atoms with Crippen LogP contribution in [-0.4, -0.2) is 12.8 Å². The van der Waals surface area contributed by atoms with Crippen LogP contribution in [0.2, 0.25) is 0 Å². The second-order valence-corrected chi connectivity index (χ2v) is 3.90. The van der Waals surface area contributed by atoms with Crippen LogP contribution in [0.4, 0.5) is 0 Å². The third-order valence-corrected chi connectivity index (χ3v) is 1.98. The molecule has 0 aromatic heterocycles. The molecule has 0 aliphatic heterocycles. The van der Waals surface area contributed by atoms with E-state index < -0.39 is 0 Å². The molecule has 1 rings (SSSR count). The Morgan fingerprint density at radius 3 is 2.42 bits per heavy atom. The predicted molar refractivity (Wildman–Crippen MR) is 52.4 cm³/mol. The summed E-state index contributed by atoms with van der Waals surface area (Å²) in [5.41, 5.74) is 1.20. The Morgan fingerprint density at radius 2 is 2.00 bits per heavy atom. The van der Waals surface area contributed by atoms with Crippen molar-refractivity contribution in [3.63, 3.8) is 0 Å². The molecule has 0 atom stereocenters. The highest BCUT2D eigenvalue weighted by Crippen LogP contribution is 2.32. The molecule has 0 saturated carbocycles. The number of halogens is 1. The molecule has 0 saturated heterocycles. The number of rotatable bonds is 1. The lowest BCUT2D eigenvalue weighted by atomic mass is 9.79. The molecule has 1 aliphatic rings. The Labute approximate surface area is 79.8 Å². The molecule has 0 aromatic rings. The second kappa shape index (κ2) is 3.94. The first-order valence-corrected chi connectivity index (χ1v) is 3.95. The summed E-state index contributed by atoms with van der Waals surface area (Å²) in [6.07, 6.45) is 3.37. The van der Waals surface area contributed by atoms with Gasteiger partial charge in [0.1, 0.15) is 0 Å². The summed E-state index contributed by atoms with van der Waals surface area (Å²) in [6, 6.07) is 0. The molecule has 0 heterocycles. The average molecular weight is 190 g/mol. The summed E-state index contributed by atoms with van der Waals surface area (Å²) in [6.45, 7) is 4.24. The maximum Gasteiger partial charge on any atom is 0.157 e. The summed E-state index contributed by atoms with van der Waals surface area (Å²) in [5, 5.41) is 3.03. The fourth-order valence-electron chi connectivity index (χ4n) is 1.51. The summed E-state index contributed by atoms with van der Waals surface area (Å²) in [5.74, 6) is 0.241. The van der Waals surface area contributed by atoms with Crippen molar-refractivity contribution in [2.24, 2.45) is 5.41 Å². The van der Waals surface area contributed by atoms with Crippen LogP contribution in [0.1, 0.15) is 26.7 Å². The molecule has 0 spiro atoms. The first-order valence-electron chi connectivity index (χ1n) is 3.95. The molecule has 12 heavy (non-hydrogen) atoms. The van der Waals surface area contributed by atoms with E-state index in [1.54, 1.807) is 6.08 Å². The molecule has 70 valence electrons. The lowest BCUT2D eigenvalue weighted by molar-refractivity contribution is -0.117. The van der Waals surface area contributed by atoms with E-state index in [-0.39, 0.29) is 23.6 Å². The van der Waals surface area contributed by atoms with Gasteiger partial charge in [-0.15, -0.1) is 12.4 Å². The molecule has 0 amide bonds. The van der Waals surface area contributed by atoms with Crippen molar-refractivity contribution < 1.29 is 4.79 Å². The Balaban J connectivity index is 0.00000121. The predicted octanol–water partition coefficient (Wildman–Crippen LogP) is 1.90. The fraction of sp³-hybridized carbons (Fsp3) is 0.667. The van der Waals surface area contributed by atoms with Crippen molar-refractivity contribution in [3.05, 3.63) is 11.8 Å². The second-order valence-electron chi connectivity index (χ2n) is 3.90. The maximum atomic E-state index is 11.1. The normalized spacial score (nSPS) is 20.9. The van der Waals surface area contributed by atoms with Gasteiger partial charge in [-0.25, -0.2) is 0 Å². The summed E-state index contributed by atoms with van der Waals surface area (Å²) in [7, 11) is 1.86.